The fraction of sp³-hybridized carbons (Fsp3) is 0.158. The average molecular weight is 357 g/mol. The van der Waals surface area contributed by atoms with E-state index in [1.165, 1.54) is 13.2 Å². The van der Waals surface area contributed by atoms with E-state index in [1.54, 1.807) is 37.4 Å². The lowest BCUT2D eigenvalue weighted by atomic mass is 10.1. The molecule has 0 fully saturated rings. The van der Waals surface area contributed by atoms with Crippen LogP contribution in [-0.4, -0.2) is 20.1 Å². The van der Waals surface area contributed by atoms with Gasteiger partial charge in [-0.25, -0.2) is 0 Å². The van der Waals surface area contributed by atoms with E-state index >= 15 is 0 Å². The van der Waals surface area contributed by atoms with Crippen LogP contribution in [0.2, 0.25) is 5.02 Å². The Bertz CT molecular complexity index is 849. The van der Waals surface area contributed by atoms with Crippen molar-refractivity contribution >= 4 is 29.3 Å². The molecule has 0 spiro atoms. The number of ether oxygens (including phenoxy) is 2. The lowest BCUT2D eigenvalue weighted by molar-refractivity contribution is -0.112. The van der Waals surface area contributed by atoms with Gasteiger partial charge >= 0.3 is 0 Å². The van der Waals surface area contributed by atoms with E-state index in [1.807, 2.05) is 19.1 Å². The lowest BCUT2D eigenvalue weighted by Crippen LogP contribution is -2.14. The maximum atomic E-state index is 12.4. The van der Waals surface area contributed by atoms with Crippen molar-refractivity contribution in [1.82, 2.24) is 0 Å². The van der Waals surface area contributed by atoms with Crippen LogP contribution in [0.4, 0.5) is 5.69 Å². The van der Waals surface area contributed by atoms with E-state index in [0.29, 0.717) is 27.8 Å². The molecule has 25 heavy (non-hydrogen) atoms. The number of aryl methyl sites for hydroxylation is 1. The predicted molar refractivity (Wildman–Crippen MR) is 98.0 cm³/mol. The van der Waals surface area contributed by atoms with Crippen LogP contribution in [0.25, 0.3) is 6.08 Å². The molecular weight excluding hydrogens is 340 g/mol. The van der Waals surface area contributed by atoms with E-state index in [0.717, 1.165) is 5.56 Å². The summed E-state index contributed by atoms with van der Waals surface area (Å²) in [6, 6.07) is 12.3. The highest BCUT2D eigenvalue weighted by atomic mass is 35.5. The Balaban J connectivity index is 2.35. The van der Waals surface area contributed by atoms with E-state index in [2.05, 4.69) is 5.32 Å². The van der Waals surface area contributed by atoms with Crippen LogP contribution in [0.1, 0.15) is 11.1 Å². The number of nitrogens with zero attached hydrogens (tertiary/aromatic N) is 1. The number of para-hydroxylation sites is 1. The Labute approximate surface area is 151 Å². The van der Waals surface area contributed by atoms with Crippen LogP contribution in [0, 0.1) is 18.3 Å². The van der Waals surface area contributed by atoms with Crippen molar-refractivity contribution in [2.75, 3.05) is 19.5 Å². The van der Waals surface area contributed by atoms with Gasteiger partial charge in [0.05, 0.1) is 24.9 Å². The number of carbonyl (C=O) groups is 1. The van der Waals surface area contributed by atoms with Gasteiger partial charge < -0.3 is 14.8 Å². The zero-order valence-electron chi connectivity index (χ0n) is 14.1. The molecule has 0 saturated heterocycles. The molecule has 0 aromatic heterocycles. The summed E-state index contributed by atoms with van der Waals surface area (Å²) in [6.45, 7) is 1.82. The van der Waals surface area contributed by atoms with Crippen molar-refractivity contribution in [3.63, 3.8) is 0 Å². The van der Waals surface area contributed by atoms with Gasteiger partial charge in [-0.05, 0) is 36.8 Å². The van der Waals surface area contributed by atoms with Gasteiger partial charge in [0.1, 0.15) is 23.1 Å². The van der Waals surface area contributed by atoms with Gasteiger partial charge in [0.2, 0.25) is 0 Å². The van der Waals surface area contributed by atoms with Gasteiger partial charge in [-0.2, -0.15) is 5.26 Å². The first-order valence-corrected chi connectivity index (χ1v) is 7.78. The molecule has 0 aliphatic carbocycles. The monoisotopic (exact) mass is 356 g/mol. The third kappa shape index (κ3) is 4.31. The quantitative estimate of drug-likeness (QED) is 0.643. The van der Waals surface area contributed by atoms with E-state index < -0.39 is 5.91 Å². The number of hydrogen-bond donors (Lipinski definition) is 1. The molecule has 2 aromatic carbocycles. The molecule has 0 unspecified atom stereocenters. The van der Waals surface area contributed by atoms with Gasteiger partial charge in [-0.3, -0.25) is 4.79 Å². The highest BCUT2D eigenvalue weighted by Crippen LogP contribution is 2.28. The Morgan fingerprint density at radius 3 is 2.60 bits per heavy atom. The Morgan fingerprint density at radius 1 is 1.24 bits per heavy atom. The second kappa shape index (κ2) is 8.22. The number of anilines is 1. The minimum atomic E-state index is -0.545. The molecule has 2 rings (SSSR count). The summed E-state index contributed by atoms with van der Waals surface area (Å²) in [6.07, 6.45) is 1.46. The molecule has 6 heteroatoms. The van der Waals surface area contributed by atoms with E-state index in [9.17, 15) is 10.1 Å². The summed E-state index contributed by atoms with van der Waals surface area (Å²) in [4.78, 5) is 12.4. The standard InChI is InChI=1S/C19H17ClN2O3/c1-12-5-4-6-16(20)18(12)22-19(23)14(11-21)9-13-7-8-15(24-2)10-17(13)25-3/h4-10H,1-3H3,(H,22,23)/b14-9+. The zero-order valence-corrected chi connectivity index (χ0v) is 14.8. The first-order valence-electron chi connectivity index (χ1n) is 7.40. The number of nitriles is 1. The van der Waals surface area contributed by atoms with Gasteiger partial charge in [0.25, 0.3) is 5.91 Å². The number of benzene rings is 2. The van der Waals surface area contributed by atoms with Crippen LogP contribution in [0.15, 0.2) is 42.0 Å². The molecule has 0 aliphatic heterocycles. The van der Waals surface area contributed by atoms with Crippen molar-refractivity contribution in [1.29, 1.82) is 5.26 Å². The first-order chi connectivity index (χ1) is 12.0. The molecular formula is C19H17ClN2O3. The third-order valence-corrected chi connectivity index (χ3v) is 3.88. The van der Waals surface area contributed by atoms with Crippen LogP contribution < -0.4 is 14.8 Å². The van der Waals surface area contributed by atoms with Crippen molar-refractivity contribution in [3.8, 4) is 17.6 Å². The van der Waals surface area contributed by atoms with Crippen molar-refractivity contribution in [2.45, 2.75) is 6.92 Å². The van der Waals surface area contributed by atoms with Crippen molar-refractivity contribution in [3.05, 3.63) is 58.1 Å². The maximum Gasteiger partial charge on any atom is 0.266 e. The molecule has 0 aliphatic rings. The number of nitrogens with one attached hydrogen (secondary N) is 1. The van der Waals surface area contributed by atoms with Crippen LogP contribution >= 0.6 is 11.6 Å². The smallest absolute Gasteiger partial charge is 0.266 e. The molecule has 0 saturated carbocycles. The summed E-state index contributed by atoms with van der Waals surface area (Å²) < 4.78 is 10.4. The molecule has 1 amide bonds. The zero-order chi connectivity index (χ0) is 18.4. The summed E-state index contributed by atoms with van der Waals surface area (Å²) in [5.74, 6) is 0.564. The first kappa shape index (κ1) is 18.4. The normalized spacial score (nSPS) is 10.8. The number of methoxy groups -OCH3 is 2. The molecule has 2 aromatic rings. The number of halogens is 1. The predicted octanol–water partition coefficient (Wildman–Crippen LogP) is 4.21. The molecule has 128 valence electrons. The Hall–Kier alpha value is -2.97. The number of amides is 1. The number of hydrogen-bond acceptors (Lipinski definition) is 4. The molecule has 5 nitrogen and oxygen atoms in total. The van der Waals surface area contributed by atoms with Crippen LogP contribution in [0.3, 0.4) is 0 Å². The van der Waals surface area contributed by atoms with Gasteiger partial charge in [-0.15, -0.1) is 0 Å². The molecule has 1 N–H and O–H groups in total. The fourth-order valence-corrected chi connectivity index (χ4v) is 2.48. The summed E-state index contributed by atoms with van der Waals surface area (Å²) >= 11 is 6.11. The molecule has 0 heterocycles. The number of carbonyl (C=O) groups excluding carboxylic acids is 1. The van der Waals surface area contributed by atoms with Crippen molar-refractivity contribution in [2.24, 2.45) is 0 Å². The van der Waals surface area contributed by atoms with Crippen LogP contribution in [-0.2, 0) is 4.79 Å². The van der Waals surface area contributed by atoms with Gasteiger partial charge in [0.15, 0.2) is 0 Å². The van der Waals surface area contributed by atoms with E-state index in [4.69, 9.17) is 21.1 Å². The molecule has 0 radical (unpaired) electrons. The number of rotatable bonds is 5. The maximum absolute atomic E-state index is 12.4. The van der Waals surface area contributed by atoms with Crippen molar-refractivity contribution < 1.29 is 14.3 Å². The largest absolute Gasteiger partial charge is 0.497 e. The van der Waals surface area contributed by atoms with Crippen LogP contribution in [0.5, 0.6) is 11.5 Å². The Kier molecular flexibility index (Phi) is 6.04. The SMILES string of the molecule is COc1ccc(/C=C(\C#N)C(=O)Nc2c(C)cccc2Cl)c(OC)c1. The highest BCUT2D eigenvalue weighted by molar-refractivity contribution is 6.34. The molecule has 0 bridgehead atoms. The lowest BCUT2D eigenvalue weighted by Gasteiger charge is -2.10. The third-order valence-electron chi connectivity index (χ3n) is 3.57. The minimum Gasteiger partial charge on any atom is -0.497 e. The molecule has 0 atom stereocenters. The summed E-state index contributed by atoms with van der Waals surface area (Å²) in [7, 11) is 3.05. The average Bonchev–Trinajstić information content (AvgIpc) is 2.62. The van der Waals surface area contributed by atoms with Gasteiger partial charge in [0, 0.05) is 11.6 Å². The highest BCUT2D eigenvalue weighted by Gasteiger charge is 2.14. The Morgan fingerprint density at radius 2 is 2.00 bits per heavy atom. The second-order valence-corrected chi connectivity index (χ2v) is 5.57. The minimum absolute atomic E-state index is 0.0669. The topological polar surface area (TPSA) is 71.3 Å². The second-order valence-electron chi connectivity index (χ2n) is 5.16. The van der Waals surface area contributed by atoms with Gasteiger partial charge in [-0.1, -0.05) is 23.7 Å². The fourth-order valence-electron chi connectivity index (χ4n) is 2.21. The summed E-state index contributed by atoms with van der Waals surface area (Å²) in [5.41, 5.74) is 1.81. The summed E-state index contributed by atoms with van der Waals surface area (Å²) in [5, 5.41) is 12.5. The van der Waals surface area contributed by atoms with E-state index in [-0.39, 0.29) is 5.57 Å².